The molecule has 3 heteroatoms. The van der Waals surface area contributed by atoms with Crippen molar-refractivity contribution in [2.45, 2.75) is 12.6 Å². The Morgan fingerprint density at radius 3 is 2.71 bits per heavy atom. The van der Waals surface area contributed by atoms with E-state index in [0.717, 1.165) is 5.84 Å². The van der Waals surface area contributed by atoms with Crippen LogP contribution in [0, 0.1) is 6.92 Å². The van der Waals surface area contributed by atoms with E-state index in [9.17, 15) is 0 Å². The van der Waals surface area contributed by atoms with Gasteiger partial charge in [0.2, 0.25) is 0 Å². The first-order valence-corrected chi connectivity index (χ1v) is 4.72. The maximum absolute atomic E-state index is 4.53. The molecule has 2 rings (SSSR count). The third-order valence-corrected chi connectivity index (χ3v) is 2.32. The van der Waals surface area contributed by atoms with Crippen LogP contribution in [0.3, 0.4) is 0 Å². The summed E-state index contributed by atoms with van der Waals surface area (Å²) in [7, 11) is 1.97. The lowest BCUT2D eigenvalue weighted by Crippen LogP contribution is -2.33. The lowest BCUT2D eigenvalue weighted by Gasteiger charge is -2.14. The highest BCUT2D eigenvalue weighted by molar-refractivity contribution is 5.83. The molecule has 73 valence electrons. The van der Waals surface area contributed by atoms with Crippen LogP contribution in [0.15, 0.2) is 35.3 Å². The van der Waals surface area contributed by atoms with Crippen molar-refractivity contribution in [1.82, 2.24) is 10.4 Å². The van der Waals surface area contributed by atoms with E-state index < -0.39 is 0 Å². The van der Waals surface area contributed by atoms with E-state index >= 15 is 0 Å². The van der Waals surface area contributed by atoms with Gasteiger partial charge in [-0.25, -0.2) is 10.4 Å². The quantitative estimate of drug-likeness (QED) is 0.765. The summed E-state index contributed by atoms with van der Waals surface area (Å²) in [5, 5.41) is 1.94. The first-order chi connectivity index (χ1) is 6.81. The predicted octanol–water partition coefficient (Wildman–Crippen LogP) is 1.76. The van der Waals surface area contributed by atoms with E-state index in [4.69, 9.17) is 0 Å². The third kappa shape index (κ3) is 1.63. The first kappa shape index (κ1) is 9.21. The van der Waals surface area contributed by atoms with Gasteiger partial charge in [-0.15, -0.1) is 0 Å². The van der Waals surface area contributed by atoms with Crippen LogP contribution < -0.4 is 5.43 Å². The molecule has 0 saturated heterocycles. The van der Waals surface area contributed by atoms with Crippen LogP contribution in [0.25, 0.3) is 0 Å². The summed E-state index contributed by atoms with van der Waals surface area (Å²) in [6.07, 6.45) is 0.769. The highest BCUT2D eigenvalue weighted by Gasteiger charge is 2.20. The average molecular weight is 188 g/mol. The van der Waals surface area contributed by atoms with Crippen molar-refractivity contribution in [3.05, 3.63) is 42.8 Å². The largest absolute Gasteiger partial charge is 0.297 e. The molecule has 0 bridgehead atoms. The van der Waals surface area contributed by atoms with Crippen LogP contribution in [0.1, 0.15) is 18.2 Å². The van der Waals surface area contributed by atoms with Gasteiger partial charge in [0, 0.05) is 13.5 Å². The van der Waals surface area contributed by atoms with Crippen molar-refractivity contribution in [3.8, 4) is 0 Å². The van der Waals surface area contributed by atoms with Crippen LogP contribution in [0.5, 0.6) is 0 Å². The van der Waals surface area contributed by atoms with Crippen LogP contribution in [0.2, 0.25) is 0 Å². The van der Waals surface area contributed by atoms with E-state index in [-0.39, 0.29) is 6.17 Å². The summed E-state index contributed by atoms with van der Waals surface area (Å²) in [4.78, 5) is 4.53. The van der Waals surface area contributed by atoms with Gasteiger partial charge in [0.15, 0.2) is 0 Å². The second kappa shape index (κ2) is 3.80. The molecule has 1 aliphatic rings. The Hall–Kier alpha value is -1.35. The minimum absolute atomic E-state index is 0.0537. The van der Waals surface area contributed by atoms with Crippen LogP contribution in [-0.4, -0.2) is 17.9 Å². The molecule has 0 spiro atoms. The summed E-state index contributed by atoms with van der Waals surface area (Å²) >= 11 is 0. The van der Waals surface area contributed by atoms with Crippen molar-refractivity contribution < 1.29 is 0 Å². The molecule has 1 radical (unpaired) electrons. The van der Waals surface area contributed by atoms with E-state index in [1.54, 1.807) is 0 Å². The van der Waals surface area contributed by atoms with Gasteiger partial charge >= 0.3 is 0 Å². The van der Waals surface area contributed by atoms with E-state index in [0.29, 0.717) is 6.42 Å². The fourth-order valence-electron chi connectivity index (χ4n) is 1.54. The van der Waals surface area contributed by atoms with Crippen molar-refractivity contribution in [2.24, 2.45) is 4.99 Å². The number of amidine groups is 1. The Balaban J connectivity index is 2.20. The van der Waals surface area contributed by atoms with Gasteiger partial charge in [-0.3, -0.25) is 5.01 Å². The predicted molar refractivity (Wildman–Crippen MR) is 57.5 cm³/mol. The number of aliphatic imine (C=N–C) groups is 1. The Labute approximate surface area is 84.4 Å². The topological polar surface area (TPSA) is 27.6 Å². The van der Waals surface area contributed by atoms with Crippen LogP contribution in [0.4, 0.5) is 0 Å². The van der Waals surface area contributed by atoms with Gasteiger partial charge in [-0.05, 0) is 12.5 Å². The Morgan fingerprint density at radius 1 is 1.43 bits per heavy atom. The second-order valence-electron chi connectivity index (χ2n) is 3.30. The summed E-state index contributed by atoms with van der Waals surface area (Å²) < 4.78 is 0. The average Bonchev–Trinajstić information content (AvgIpc) is 2.61. The lowest BCUT2D eigenvalue weighted by atomic mass is 10.2. The monoisotopic (exact) mass is 188 g/mol. The third-order valence-electron chi connectivity index (χ3n) is 2.32. The molecule has 1 atom stereocenters. The number of hydrazine groups is 1. The molecule has 1 aromatic rings. The molecule has 0 saturated carbocycles. The summed E-state index contributed by atoms with van der Waals surface area (Å²) in [5.41, 5.74) is 4.44. The summed E-state index contributed by atoms with van der Waals surface area (Å²) in [6, 6.07) is 10.2. The molecule has 1 aromatic carbocycles. The normalized spacial score (nSPS) is 21.1. The number of nitrogens with one attached hydrogen (secondary N) is 1. The molecule has 3 nitrogen and oxygen atoms in total. The molecule has 0 aromatic heterocycles. The van der Waals surface area contributed by atoms with Gasteiger partial charge in [-0.2, -0.15) is 0 Å². The van der Waals surface area contributed by atoms with Crippen molar-refractivity contribution in [3.63, 3.8) is 0 Å². The molecule has 1 aliphatic heterocycles. The van der Waals surface area contributed by atoms with Gasteiger partial charge < -0.3 is 0 Å². The molecule has 0 amide bonds. The maximum atomic E-state index is 4.53. The van der Waals surface area contributed by atoms with E-state index in [1.165, 1.54) is 5.56 Å². The second-order valence-corrected chi connectivity index (χ2v) is 3.30. The highest BCUT2D eigenvalue weighted by atomic mass is 15.6. The molecule has 1 N–H and O–H groups in total. The minimum Gasteiger partial charge on any atom is -0.297 e. The number of benzene rings is 1. The molecular weight excluding hydrogens is 174 g/mol. The summed E-state index contributed by atoms with van der Waals surface area (Å²) in [6.45, 7) is 3.83. The van der Waals surface area contributed by atoms with Crippen LogP contribution >= 0.6 is 0 Å². The molecule has 14 heavy (non-hydrogen) atoms. The number of rotatable bonds is 2. The van der Waals surface area contributed by atoms with Crippen molar-refractivity contribution in [1.29, 1.82) is 0 Å². The number of nitrogens with zero attached hydrogens (tertiary/aromatic N) is 2. The zero-order valence-electron chi connectivity index (χ0n) is 8.27. The highest BCUT2D eigenvalue weighted by Crippen LogP contribution is 2.19. The maximum Gasteiger partial charge on any atom is 0.144 e. The zero-order valence-corrected chi connectivity index (χ0v) is 8.27. The first-order valence-electron chi connectivity index (χ1n) is 4.72. The fraction of sp³-hybridized carbons (Fsp3) is 0.273. The number of hydrogen-bond acceptors (Lipinski definition) is 3. The Morgan fingerprint density at radius 2 is 2.14 bits per heavy atom. The van der Waals surface area contributed by atoms with E-state index in [1.807, 2.05) is 30.3 Å². The van der Waals surface area contributed by atoms with Crippen LogP contribution in [-0.2, 0) is 0 Å². The van der Waals surface area contributed by atoms with Gasteiger partial charge in [0.25, 0.3) is 0 Å². The summed E-state index contributed by atoms with van der Waals surface area (Å²) in [5.74, 6) is 0.999. The molecule has 0 aliphatic carbocycles. The fourth-order valence-corrected chi connectivity index (χ4v) is 1.54. The van der Waals surface area contributed by atoms with Gasteiger partial charge in [-0.1, -0.05) is 30.3 Å². The SMILES string of the molecule is [CH2]CC1=NC(c2ccccc2)NN1C. The zero-order chi connectivity index (χ0) is 9.97. The lowest BCUT2D eigenvalue weighted by molar-refractivity contribution is 0.351. The van der Waals surface area contributed by atoms with Gasteiger partial charge in [0.05, 0.1) is 0 Å². The molecule has 0 fully saturated rings. The number of hydrogen-bond donors (Lipinski definition) is 1. The molecule has 1 heterocycles. The Bertz CT molecular complexity index is 332. The van der Waals surface area contributed by atoms with Crippen molar-refractivity contribution >= 4 is 5.84 Å². The minimum atomic E-state index is 0.0537. The molecular formula is C11H14N3. The molecule has 1 unspecified atom stereocenters. The standard InChI is InChI=1S/C11H14N3/c1-3-10-12-11(13-14(10)2)9-7-5-4-6-8-9/h4-8,11,13H,1,3H2,2H3. The van der Waals surface area contributed by atoms with E-state index in [2.05, 4.69) is 29.5 Å². The van der Waals surface area contributed by atoms with Gasteiger partial charge in [0.1, 0.15) is 12.0 Å². The van der Waals surface area contributed by atoms with Crippen molar-refractivity contribution in [2.75, 3.05) is 7.05 Å². The smallest absolute Gasteiger partial charge is 0.144 e. The Kier molecular flexibility index (Phi) is 2.50.